The van der Waals surface area contributed by atoms with E-state index in [-0.39, 0.29) is 110 Å². The van der Waals surface area contributed by atoms with Crippen molar-refractivity contribution in [2.24, 2.45) is 0 Å². The van der Waals surface area contributed by atoms with Crippen molar-refractivity contribution in [3.63, 3.8) is 0 Å². The van der Waals surface area contributed by atoms with Gasteiger partial charge in [-0.05, 0) is 166 Å². The predicted molar refractivity (Wildman–Crippen MR) is 450 cm³/mol. The van der Waals surface area contributed by atoms with Crippen LogP contribution in [-0.4, -0.2) is 142 Å². The summed E-state index contributed by atoms with van der Waals surface area (Å²) in [7, 11) is 1.21. The van der Waals surface area contributed by atoms with Gasteiger partial charge in [-0.15, -0.1) is 0 Å². The maximum Gasteiger partial charge on any atom is 0.344 e. The summed E-state index contributed by atoms with van der Waals surface area (Å²) < 4.78 is 45.2. The molecular weight excluding hydrogens is 1600 g/mol. The van der Waals surface area contributed by atoms with Gasteiger partial charge in [0.15, 0.2) is 0 Å². The molecule has 0 amide bonds. The Morgan fingerprint density at radius 1 is 0.258 bits per heavy atom. The summed E-state index contributed by atoms with van der Waals surface area (Å²) >= 11 is 0. The number of carboxylic acid groups (broad SMARTS) is 5. The maximum atomic E-state index is 12.2. The molecule has 640 valence electrons. The Labute approximate surface area is 712 Å². The van der Waals surface area contributed by atoms with Crippen LogP contribution in [0.25, 0.3) is 0 Å². The molecule has 0 aromatic heterocycles. The number of esters is 9. The van der Waals surface area contributed by atoms with Crippen LogP contribution in [0.1, 0.15) is 215 Å². The number of benzene rings is 11. The molecule has 11 aromatic carbocycles. The van der Waals surface area contributed by atoms with Crippen LogP contribution in [0, 0.1) is 0 Å². The number of hydrogen-bond acceptors (Lipinski definition) is 23. The van der Waals surface area contributed by atoms with E-state index in [1.54, 1.807) is 172 Å². The average Bonchev–Trinajstić information content (AvgIpc) is 0.866. The Morgan fingerprint density at radius 3 is 0.758 bits per heavy atom. The van der Waals surface area contributed by atoms with Crippen LogP contribution >= 0.6 is 0 Å². The van der Waals surface area contributed by atoms with Crippen LogP contribution in [0.15, 0.2) is 291 Å². The molecule has 28 nitrogen and oxygen atoms in total. The molecule has 1 fully saturated rings. The van der Waals surface area contributed by atoms with Gasteiger partial charge in [0, 0.05) is 0 Å². The number of carboxylic acids is 5. The van der Waals surface area contributed by atoms with Gasteiger partial charge in [-0.25, -0.2) is 67.1 Å². The van der Waals surface area contributed by atoms with Crippen molar-refractivity contribution in [3.05, 3.63) is 380 Å². The molecule has 0 saturated heterocycles. The second kappa shape index (κ2) is 52.7. The Balaban J connectivity index is 0.000000225. The minimum absolute atomic E-state index is 0.00157. The first-order chi connectivity index (χ1) is 59.8. The van der Waals surface area contributed by atoms with Crippen molar-refractivity contribution in [2.45, 2.75) is 78.6 Å². The van der Waals surface area contributed by atoms with E-state index < -0.39 is 83.6 Å². The van der Waals surface area contributed by atoms with Crippen molar-refractivity contribution in [2.75, 3.05) is 26.9 Å². The zero-order chi connectivity index (χ0) is 90.1. The number of rotatable bonds is 25. The summed E-state index contributed by atoms with van der Waals surface area (Å²) in [5, 5.41) is 44.5. The number of carbonyl (C=O) groups excluding carboxylic acids is 9. The molecule has 124 heavy (non-hydrogen) atoms. The van der Waals surface area contributed by atoms with E-state index in [0.29, 0.717) is 18.1 Å². The Morgan fingerprint density at radius 2 is 0.484 bits per heavy atom. The number of ether oxygens (including phenoxy) is 9. The highest BCUT2D eigenvalue weighted by molar-refractivity contribution is 6.07. The fraction of sp³-hybridized carbons (Fsp3) is 0.167. The quantitative estimate of drug-likeness (QED) is 0.0201. The Hall–Kier alpha value is -16.0. The van der Waals surface area contributed by atoms with Crippen LogP contribution in [-0.2, 0) is 46.4 Å². The van der Waals surface area contributed by atoms with E-state index in [9.17, 15) is 67.1 Å². The zero-order valence-corrected chi connectivity index (χ0v) is 67.7. The lowest BCUT2D eigenvalue weighted by Gasteiger charge is -2.22. The molecule has 1 aliphatic carbocycles. The van der Waals surface area contributed by atoms with Crippen molar-refractivity contribution in [3.8, 4) is 11.5 Å². The third-order valence-corrected chi connectivity index (χ3v) is 17.0. The van der Waals surface area contributed by atoms with E-state index in [2.05, 4.69) is 4.74 Å². The normalized spacial score (nSPS) is 10.7. The van der Waals surface area contributed by atoms with Gasteiger partial charge in [0.1, 0.15) is 30.8 Å². The number of carbonyl (C=O) groups is 14. The van der Waals surface area contributed by atoms with Gasteiger partial charge in [-0.3, -0.25) is 0 Å². The summed E-state index contributed by atoms with van der Waals surface area (Å²) in [5.74, 6) is -10.1. The standard InChI is InChI=1S/C18H18O4.C16H14O4.C15H12O4.C14H16O4.C14H10O4.C10H10O4.C9H8O4/c1-2-12-21-17(19)15-10-6-7-11-16(15)18(20)22-13-14-8-4-3-5-9-14;1-2-19-15(17)13-10-6-7-11-14(13)16(18)20-12-8-4-3-5-9-12;16-14(17)12-8-4-5-9-13(12)15(18)19-10-11-6-2-1-3-7-11;2*15-13(16)11-8-4-5-9-12(11)14(17)18-10-6-2-1-3-7-10;1-2-14-10(13)8-6-4-3-5-7(8)9(11)12;1-13-9(12)7-5-3-2-4-6(7)8(10)11/h3-11H,2,12-13H2,1H3;3-11H,2H2,1H3;1-9H,10H2,(H,16,17);4-5,8-10H,1-3,6-7H2,(H,15,16);1-9H,(H,15,16);3-6H,2H2,1H3,(H,11,12);2-5H,1H3,(H,10,11). The van der Waals surface area contributed by atoms with Gasteiger partial charge in [0.05, 0.1) is 105 Å². The Bertz CT molecular complexity index is 5410. The minimum Gasteiger partial charge on any atom is -0.478 e. The molecule has 0 aliphatic heterocycles. The van der Waals surface area contributed by atoms with Crippen LogP contribution < -0.4 is 9.47 Å². The molecule has 28 heteroatoms. The molecule has 1 aliphatic rings. The first-order valence-electron chi connectivity index (χ1n) is 38.4. The van der Waals surface area contributed by atoms with Gasteiger partial charge in [-0.1, -0.05) is 195 Å². The monoisotopic (exact) mass is 1690 g/mol. The van der Waals surface area contributed by atoms with E-state index >= 15 is 0 Å². The van der Waals surface area contributed by atoms with E-state index in [1.165, 1.54) is 80.3 Å². The van der Waals surface area contributed by atoms with Crippen LogP contribution in [0.5, 0.6) is 11.5 Å². The molecule has 0 radical (unpaired) electrons. The van der Waals surface area contributed by atoms with Crippen LogP contribution in [0.2, 0.25) is 0 Å². The predicted octanol–water partition coefficient (Wildman–Crippen LogP) is 17.6. The molecule has 0 spiro atoms. The van der Waals surface area contributed by atoms with Crippen molar-refractivity contribution in [1.29, 1.82) is 0 Å². The molecule has 1 saturated carbocycles. The molecule has 0 atom stereocenters. The second-order valence-electron chi connectivity index (χ2n) is 25.6. The number of methoxy groups -OCH3 is 1. The van der Waals surface area contributed by atoms with Crippen molar-refractivity contribution < 1.29 is 135 Å². The van der Waals surface area contributed by atoms with Crippen LogP contribution in [0.3, 0.4) is 0 Å². The highest BCUT2D eigenvalue weighted by Gasteiger charge is 2.26. The second-order valence-corrected chi connectivity index (χ2v) is 25.6. The summed E-state index contributed by atoms with van der Waals surface area (Å²) in [6.07, 6.45) is 5.73. The lowest BCUT2D eigenvalue weighted by atomic mass is 9.97. The zero-order valence-electron chi connectivity index (χ0n) is 67.7. The molecule has 0 heterocycles. The highest BCUT2D eigenvalue weighted by atomic mass is 16.6. The first kappa shape index (κ1) is 96.8. The highest BCUT2D eigenvalue weighted by Crippen LogP contribution is 2.24. The first-order valence-corrected chi connectivity index (χ1v) is 38.4. The van der Waals surface area contributed by atoms with E-state index in [1.807, 2.05) is 73.7 Å². The SMILES string of the molecule is CCCOC(=O)c1ccccc1C(=O)OCc1ccccc1.CCOC(=O)c1ccccc1C(=O)O.CCOC(=O)c1ccccc1C(=O)Oc1ccccc1.COC(=O)c1ccccc1C(=O)O.O=C(O)c1ccccc1C(=O)OC1CCCCC1.O=C(O)c1ccccc1C(=O)OCc1ccccc1.O=C(O)c1ccccc1C(=O)Oc1ccccc1. The minimum atomic E-state index is -1.16. The lowest BCUT2D eigenvalue weighted by molar-refractivity contribution is 0.0205. The molecule has 0 unspecified atom stereocenters. The summed E-state index contributed by atoms with van der Waals surface area (Å²) in [5.41, 5.74) is 2.76. The average molecular weight is 1690 g/mol. The molecule has 12 rings (SSSR count). The van der Waals surface area contributed by atoms with Gasteiger partial charge < -0.3 is 68.2 Å². The topological polar surface area (TPSA) is 423 Å². The summed E-state index contributed by atoms with van der Waals surface area (Å²) in [6, 6.07) is 78.7. The van der Waals surface area contributed by atoms with Crippen molar-refractivity contribution >= 4 is 83.6 Å². The fourth-order valence-corrected chi connectivity index (χ4v) is 11.0. The fourth-order valence-electron chi connectivity index (χ4n) is 11.0. The molecule has 11 aromatic rings. The van der Waals surface area contributed by atoms with Gasteiger partial charge in [-0.2, -0.15) is 0 Å². The number of aromatic carboxylic acids is 5. The Kier molecular flexibility index (Phi) is 41.2. The third kappa shape index (κ3) is 32.0. The van der Waals surface area contributed by atoms with Crippen molar-refractivity contribution in [1.82, 2.24) is 0 Å². The number of hydrogen-bond donors (Lipinski definition) is 5. The lowest BCUT2D eigenvalue weighted by Crippen LogP contribution is -2.22. The van der Waals surface area contributed by atoms with Gasteiger partial charge >= 0.3 is 83.6 Å². The summed E-state index contributed by atoms with van der Waals surface area (Å²) in [4.78, 5) is 160. The molecular formula is C96H88O28. The van der Waals surface area contributed by atoms with E-state index in [0.717, 1.165) is 43.2 Å². The smallest absolute Gasteiger partial charge is 0.344 e. The molecule has 0 bridgehead atoms. The van der Waals surface area contributed by atoms with Gasteiger partial charge in [0.25, 0.3) is 0 Å². The maximum absolute atomic E-state index is 12.2. The van der Waals surface area contributed by atoms with E-state index in [4.69, 9.17) is 63.4 Å². The molecule has 5 N–H and O–H groups in total. The van der Waals surface area contributed by atoms with Gasteiger partial charge in [0.2, 0.25) is 0 Å². The third-order valence-electron chi connectivity index (χ3n) is 17.0. The summed E-state index contributed by atoms with van der Waals surface area (Å²) in [6.45, 7) is 6.38. The number of para-hydroxylation sites is 2. The van der Waals surface area contributed by atoms with Crippen LogP contribution in [0.4, 0.5) is 0 Å². The largest absolute Gasteiger partial charge is 0.478 e.